The zero-order valence-electron chi connectivity index (χ0n) is 17.5. The Morgan fingerprint density at radius 2 is 2.11 bits per heavy atom. The highest BCUT2D eigenvalue weighted by atomic mass is 16.3. The summed E-state index contributed by atoms with van der Waals surface area (Å²) in [5.74, 6) is 7.40. The topological polar surface area (TPSA) is 52.5 Å². The van der Waals surface area contributed by atoms with Gasteiger partial charge in [0.2, 0.25) is 0 Å². The molecule has 2 aliphatic rings. The van der Waals surface area contributed by atoms with Gasteiger partial charge in [-0.2, -0.15) is 0 Å². The van der Waals surface area contributed by atoms with E-state index in [1.165, 1.54) is 19.3 Å². The summed E-state index contributed by atoms with van der Waals surface area (Å²) in [7, 11) is 0. The van der Waals surface area contributed by atoms with Crippen LogP contribution >= 0.6 is 0 Å². The lowest BCUT2D eigenvalue weighted by molar-refractivity contribution is 0.137. The zero-order chi connectivity index (χ0) is 19.6. The summed E-state index contributed by atoms with van der Waals surface area (Å²) >= 11 is 0. The van der Waals surface area contributed by atoms with Crippen molar-refractivity contribution >= 4 is 0 Å². The predicted octanol–water partition coefficient (Wildman–Crippen LogP) is 4.07. The summed E-state index contributed by atoms with van der Waals surface area (Å²) < 4.78 is 0. The van der Waals surface area contributed by atoms with E-state index in [1.54, 1.807) is 5.57 Å². The SMILES string of the molecule is CC#CC[C@H](C)[C@H](O)/C=C/[C@@H]1[C@H]2C/C(=C/CCCCNCC)C[C@H]2C[C@H]1O. The largest absolute Gasteiger partial charge is 0.392 e. The third-order valence-electron chi connectivity index (χ3n) is 6.32. The molecule has 0 spiro atoms. The average Bonchev–Trinajstić information content (AvgIpc) is 3.17. The second kappa shape index (κ2) is 11.7. The van der Waals surface area contributed by atoms with E-state index in [4.69, 9.17) is 0 Å². The second-order valence-corrected chi connectivity index (χ2v) is 8.41. The fourth-order valence-corrected chi connectivity index (χ4v) is 4.63. The first-order chi connectivity index (χ1) is 13.1. The molecule has 0 aromatic heterocycles. The van der Waals surface area contributed by atoms with Crippen LogP contribution in [0.5, 0.6) is 0 Å². The molecule has 0 aromatic rings. The second-order valence-electron chi connectivity index (χ2n) is 8.41. The number of fused-ring (bicyclic) bond motifs is 1. The van der Waals surface area contributed by atoms with Crippen LogP contribution in [0, 0.1) is 35.5 Å². The van der Waals surface area contributed by atoms with Crippen molar-refractivity contribution < 1.29 is 10.2 Å². The van der Waals surface area contributed by atoms with Crippen molar-refractivity contribution in [2.75, 3.05) is 13.1 Å². The predicted molar refractivity (Wildman–Crippen MR) is 113 cm³/mol. The van der Waals surface area contributed by atoms with Crippen molar-refractivity contribution in [1.29, 1.82) is 0 Å². The van der Waals surface area contributed by atoms with Crippen LogP contribution in [-0.2, 0) is 0 Å². The monoisotopic (exact) mass is 373 g/mol. The summed E-state index contributed by atoms with van der Waals surface area (Å²) in [5.41, 5.74) is 1.59. The molecule has 0 aliphatic heterocycles. The van der Waals surface area contributed by atoms with E-state index in [1.807, 2.05) is 19.9 Å². The number of rotatable bonds is 10. The molecule has 0 aromatic carbocycles. The number of aliphatic hydroxyl groups excluding tert-OH is 2. The summed E-state index contributed by atoms with van der Waals surface area (Å²) in [5, 5.41) is 24.2. The van der Waals surface area contributed by atoms with Crippen molar-refractivity contribution in [2.45, 2.75) is 77.9 Å². The minimum atomic E-state index is -0.481. The maximum atomic E-state index is 10.5. The Kier molecular flexibility index (Phi) is 9.62. The Morgan fingerprint density at radius 3 is 2.85 bits per heavy atom. The summed E-state index contributed by atoms with van der Waals surface area (Å²) in [6.45, 7) is 8.18. The molecule has 3 N–H and O–H groups in total. The minimum absolute atomic E-state index is 0.129. The van der Waals surface area contributed by atoms with E-state index in [0.29, 0.717) is 18.3 Å². The minimum Gasteiger partial charge on any atom is -0.392 e. The van der Waals surface area contributed by atoms with Crippen LogP contribution in [-0.4, -0.2) is 35.5 Å². The molecule has 0 radical (unpaired) electrons. The van der Waals surface area contributed by atoms with Crippen LogP contribution in [0.15, 0.2) is 23.8 Å². The standard InChI is InChI=1S/C24H39NO2/c1-4-6-10-18(3)23(26)13-12-21-22-16-19(15-20(22)17-24(21)27)11-8-7-9-14-25-5-2/h11-13,18,20-27H,5,7-10,14-17H2,1-3H3/b13-12+,19-11+/t18-,20-,21+,22-,23+,24+/m0/s1. The van der Waals surface area contributed by atoms with E-state index in [0.717, 1.165) is 32.4 Å². The third kappa shape index (κ3) is 6.79. The van der Waals surface area contributed by atoms with E-state index in [2.05, 4.69) is 36.2 Å². The number of unbranched alkanes of at least 4 members (excludes halogenated alkanes) is 2. The van der Waals surface area contributed by atoms with Gasteiger partial charge in [0.25, 0.3) is 0 Å². The van der Waals surface area contributed by atoms with Gasteiger partial charge in [-0.05, 0) is 76.3 Å². The van der Waals surface area contributed by atoms with Crippen molar-refractivity contribution in [2.24, 2.45) is 23.7 Å². The Bertz CT molecular complexity index is 556. The molecule has 2 saturated carbocycles. The molecule has 0 heterocycles. The zero-order valence-corrected chi connectivity index (χ0v) is 17.5. The molecule has 152 valence electrons. The molecule has 0 amide bonds. The van der Waals surface area contributed by atoms with Crippen LogP contribution in [0.25, 0.3) is 0 Å². The van der Waals surface area contributed by atoms with Crippen molar-refractivity contribution in [1.82, 2.24) is 5.32 Å². The molecule has 2 aliphatic carbocycles. The first-order valence-electron chi connectivity index (χ1n) is 10.9. The van der Waals surface area contributed by atoms with Gasteiger partial charge in [-0.1, -0.05) is 37.6 Å². The van der Waals surface area contributed by atoms with Gasteiger partial charge in [0.1, 0.15) is 0 Å². The number of allylic oxidation sites excluding steroid dienone is 2. The van der Waals surface area contributed by atoms with Crippen molar-refractivity contribution in [3.8, 4) is 11.8 Å². The van der Waals surface area contributed by atoms with Gasteiger partial charge in [-0.3, -0.25) is 0 Å². The maximum absolute atomic E-state index is 10.5. The first-order valence-corrected chi connectivity index (χ1v) is 10.9. The number of hydrogen-bond acceptors (Lipinski definition) is 3. The lowest BCUT2D eigenvalue weighted by Gasteiger charge is -2.19. The van der Waals surface area contributed by atoms with Gasteiger partial charge < -0.3 is 15.5 Å². The van der Waals surface area contributed by atoms with Gasteiger partial charge in [-0.15, -0.1) is 11.8 Å². The summed E-state index contributed by atoms with van der Waals surface area (Å²) in [6, 6.07) is 0. The molecule has 0 unspecified atom stereocenters. The van der Waals surface area contributed by atoms with Crippen LogP contribution in [0.1, 0.15) is 65.7 Å². The van der Waals surface area contributed by atoms with Gasteiger partial charge in [-0.25, -0.2) is 0 Å². The van der Waals surface area contributed by atoms with Gasteiger partial charge in [0.15, 0.2) is 0 Å². The Morgan fingerprint density at radius 1 is 1.30 bits per heavy atom. The summed E-state index contributed by atoms with van der Waals surface area (Å²) in [6.07, 6.45) is 13.3. The highest BCUT2D eigenvalue weighted by Crippen LogP contribution is 2.50. The Balaban J connectivity index is 1.83. The van der Waals surface area contributed by atoms with Crippen molar-refractivity contribution in [3.63, 3.8) is 0 Å². The van der Waals surface area contributed by atoms with Gasteiger partial charge >= 0.3 is 0 Å². The fraction of sp³-hybridized carbons (Fsp3) is 0.750. The summed E-state index contributed by atoms with van der Waals surface area (Å²) in [4.78, 5) is 0. The van der Waals surface area contributed by atoms with Crippen molar-refractivity contribution in [3.05, 3.63) is 23.8 Å². The molecule has 3 nitrogen and oxygen atoms in total. The van der Waals surface area contributed by atoms with Crippen LogP contribution in [0.2, 0.25) is 0 Å². The number of aliphatic hydroxyl groups is 2. The molecular weight excluding hydrogens is 334 g/mol. The molecule has 3 heteroatoms. The molecule has 0 bridgehead atoms. The van der Waals surface area contributed by atoms with E-state index < -0.39 is 6.10 Å². The van der Waals surface area contributed by atoms with E-state index in [-0.39, 0.29) is 17.9 Å². The fourth-order valence-electron chi connectivity index (χ4n) is 4.63. The van der Waals surface area contributed by atoms with Gasteiger partial charge in [0, 0.05) is 12.3 Å². The normalized spacial score (nSPS) is 31.1. The van der Waals surface area contributed by atoms with Crippen LogP contribution < -0.4 is 5.32 Å². The van der Waals surface area contributed by atoms with Crippen LogP contribution in [0.3, 0.4) is 0 Å². The lowest BCUT2D eigenvalue weighted by Crippen LogP contribution is -2.19. The maximum Gasteiger partial charge on any atom is 0.0755 e. The molecular formula is C24H39NO2. The molecule has 27 heavy (non-hydrogen) atoms. The van der Waals surface area contributed by atoms with Gasteiger partial charge in [0.05, 0.1) is 12.2 Å². The molecule has 2 rings (SSSR count). The Labute approximate surface area is 166 Å². The number of nitrogens with one attached hydrogen (secondary N) is 1. The first kappa shape index (κ1) is 22.2. The Hall–Kier alpha value is -1.08. The molecule has 2 fully saturated rings. The van der Waals surface area contributed by atoms with E-state index >= 15 is 0 Å². The third-order valence-corrected chi connectivity index (χ3v) is 6.32. The smallest absolute Gasteiger partial charge is 0.0755 e. The average molecular weight is 374 g/mol. The molecule has 0 saturated heterocycles. The highest BCUT2D eigenvalue weighted by molar-refractivity contribution is 5.18. The molecule has 6 atom stereocenters. The number of hydrogen-bond donors (Lipinski definition) is 3. The quantitative estimate of drug-likeness (QED) is 0.307. The highest BCUT2D eigenvalue weighted by Gasteiger charge is 2.44. The lowest BCUT2D eigenvalue weighted by atomic mass is 9.89. The van der Waals surface area contributed by atoms with E-state index in [9.17, 15) is 10.2 Å². The van der Waals surface area contributed by atoms with Crippen LogP contribution in [0.4, 0.5) is 0 Å².